The fourth-order valence-corrected chi connectivity index (χ4v) is 2.64. The van der Waals surface area contributed by atoms with Gasteiger partial charge in [0.05, 0.1) is 6.04 Å². The van der Waals surface area contributed by atoms with Gasteiger partial charge in [-0.05, 0) is 68.5 Å². The maximum atomic E-state index is 12.5. The van der Waals surface area contributed by atoms with Crippen molar-refractivity contribution < 1.29 is 9.53 Å². The van der Waals surface area contributed by atoms with Crippen LogP contribution in [0.4, 0.5) is 0 Å². The van der Waals surface area contributed by atoms with E-state index in [-0.39, 0.29) is 11.9 Å². The van der Waals surface area contributed by atoms with Gasteiger partial charge < -0.3 is 10.1 Å². The smallest absolute Gasteiger partial charge is 0.261 e. The highest BCUT2D eigenvalue weighted by molar-refractivity contribution is 5.81. The molecule has 2 aromatic carbocycles. The first-order valence-electron chi connectivity index (χ1n) is 8.51. The normalized spacial score (nSPS) is 13.2. The maximum Gasteiger partial charge on any atom is 0.261 e. The number of carbonyl (C=O) groups is 1. The molecule has 0 aromatic heterocycles. The Morgan fingerprint density at radius 1 is 1.08 bits per heavy atom. The lowest BCUT2D eigenvalue weighted by Crippen LogP contribution is -2.38. The summed E-state index contributed by atoms with van der Waals surface area (Å²) in [6, 6.07) is 14.1. The van der Waals surface area contributed by atoms with E-state index < -0.39 is 6.10 Å². The molecule has 2 aromatic rings. The van der Waals surface area contributed by atoms with E-state index in [0.29, 0.717) is 0 Å². The number of aryl methyl sites for hydroxylation is 3. The quantitative estimate of drug-likeness (QED) is 0.840. The Kier molecular flexibility index (Phi) is 6.02. The second kappa shape index (κ2) is 8.00. The van der Waals surface area contributed by atoms with Gasteiger partial charge in [-0.3, -0.25) is 4.79 Å². The van der Waals surface area contributed by atoms with E-state index in [1.54, 1.807) is 6.92 Å². The fourth-order valence-electron chi connectivity index (χ4n) is 2.64. The second-order valence-corrected chi connectivity index (χ2v) is 6.39. The third-order valence-corrected chi connectivity index (χ3v) is 4.33. The van der Waals surface area contributed by atoms with Crippen LogP contribution in [0.25, 0.3) is 0 Å². The lowest BCUT2D eigenvalue weighted by atomic mass is 9.99. The minimum absolute atomic E-state index is 0.000333. The molecule has 0 heterocycles. The number of benzene rings is 2. The molecule has 3 nitrogen and oxygen atoms in total. The van der Waals surface area contributed by atoms with Crippen LogP contribution in [-0.2, 0) is 4.79 Å². The Hall–Kier alpha value is -2.29. The van der Waals surface area contributed by atoms with Crippen molar-refractivity contribution in [2.24, 2.45) is 0 Å². The van der Waals surface area contributed by atoms with Gasteiger partial charge in [-0.2, -0.15) is 0 Å². The molecule has 0 aliphatic heterocycles. The topological polar surface area (TPSA) is 38.3 Å². The van der Waals surface area contributed by atoms with Gasteiger partial charge in [0.1, 0.15) is 5.75 Å². The molecule has 0 spiro atoms. The average molecular weight is 325 g/mol. The van der Waals surface area contributed by atoms with E-state index in [2.05, 4.69) is 44.3 Å². The van der Waals surface area contributed by atoms with Crippen LogP contribution in [0.15, 0.2) is 42.5 Å². The van der Waals surface area contributed by atoms with Crippen LogP contribution in [0.3, 0.4) is 0 Å². The highest BCUT2D eigenvalue weighted by Crippen LogP contribution is 2.20. The number of amides is 1. The molecule has 2 rings (SSSR count). The van der Waals surface area contributed by atoms with Gasteiger partial charge in [-0.1, -0.05) is 37.3 Å². The van der Waals surface area contributed by atoms with E-state index in [4.69, 9.17) is 4.74 Å². The van der Waals surface area contributed by atoms with Crippen molar-refractivity contribution in [3.63, 3.8) is 0 Å². The number of ether oxygens (including phenoxy) is 1. The molecule has 0 bridgehead atoms. The number of carbonyl (C=O) groups excluding carboxylic acids is 1. The molecule has 0 saturated carbocycles. The first-order valence-corrected chi connectivity index (χ1v) is 8.51. The maximum absolute atomic E-state index is 12.5. The molecule has 3 heteroatoms. The van der Waals surface area contributed by atoms with Crippen molar-refractivity contribution >= 4 is 5.91 Å². The SMILES string of the molecule is CC[C@@H](NC(=O)[C@H](C)Oc1cccc(C)c1)c1ccc(C)c(C)c1. The zero-order valence-corrected chi connectivity index (χ0v) is 15.2. The van der Waals surface area contributed by atoms with Gasteiger partial charge in [0.2, 0.25) is 0 Å². The summed E-state index contributed by atoms with van der Waals surface area (Å²) in [6.45, 7) is 10.1. The fraction of sp³-hybridized carbons (Fsp3) is 0.381. The van der Waals surface area contributed by atoms with Crippen LogP contribution in [0.1, 0.15) is 48.6 Å². The van der Waals surface area contributed by atoms with E-state index in [1.165, 1.54) is 11.1 Å². The van der Waals surface area contributed by atoms with Crippen molar-refractivity contribution in [1.29, 1.82) is 0 Å². The van der Waals surface area contributed by atoms with Crippen molar-refractivity contribution in [2.75, 3.05) is 0 Å². The lowest BCUT2D eigenvalue weighted by molar-refractivity contribution is -0.128. The molecule has 0 fully saturated rings. The lowest BCUT2D eigenvalue weighted by Gasteiger charge is -2.22. The number of nitrogens with one attached hydrogen (secondary N) is 1. The summed E-state index contributed by atoms with van der Waals surface area (Å²) in [7, 11) is 0. The van der Waals surface area contributed by atoms with E-state index in [0.717, 1.165) is 23.3 Å². The molecule has 0 saturated heterocycles. The molecule has 2 atom stereocenters. The van der Waals surface area contributed by atoms with Crippen molar-refractivity contribution in [3.05, 3.63) is 64.7 Å². The van der Waals surface area contributed by atoms with Crippen LogP contribution in [0, 0.1) is 20.8 Å². The minimum Gasteiger partial charge on any atom is -0.481 e. The zero-order valence-electron chi connectivity index (χ0n) is 15.2. The average Bonchev–Trinajstić information content (AvgIpc) is 2.55. The zero-order chi connectivity index (χ0) is 17.7. The van der Waals surface area contributed by atoms with E-state index in [1.807, 2.05) is 31.2 Å². The Morgan fingerprint density at radius 3 is 2.46 bits per heavy atom. The Balaban J connectivity index is 2.04. The Bertz CT molecular complexity index is 709. The molecule has 0 aliphatic rings. The van der Waals surface area contributed by atoms with Gasteiger partial charge in [-0.15, -0.1) is 0 Å². The first kappa shape index (κ1) is 18.1. The van der Waals surface area contributed by atoms with Crippen LogP contribution >= 0.6 is 0 Å². The third kappa shape index (κ3) is 4.60. The summed E-state index contributed by atoms with van der Waals surface area (Å²) >= 11 is 0. The molecule has 1 N–H and O–H groups in total. The number of rotatable bonds is 6. The van der Waals surface area contributed by atoms with Crippen LogP contribution in [0.2, 0.25) is 0 Å². The van der Waals surface area contributed by atoms with E-state index in [9.17, 15) is 4.79 Å². The molecular formula is C21H27NO2. The summed E-state index contributed by atoms with van der Waals surface area (Å²) in [5.74, 6) is 0.624. The predicted molar refractivity (Wildman–Crippen MR) is 98.4 cm³/mol. The third-order valence-electron chi connectivity index (χ3n) is 4.33. The highest BCUT2D eigenvalue weighted by atomic mass is 16.5. The molecule has 128 valence electrons. The van der Waals surface area contributed by atoms with Crippen LogP contribution in [-0.4, -0.2) is 12.0 Å². The van der Waals surface area contributed by atoms with Crippen molar-refractivity contribution in [3.8, 4) is 5.75 Å². The second-order valence-electron chi connectivity index (χ2n) is 6.39. The summed E-state index contributed by atoms with van der Waals surface area (Å²) in [5, 5.41) is 3.10. The molecule has 24 heavy (non-hydrogen) atoms. The van der Waals surface area contributed by atoms with Crippen molar-refractivity contribution in [2.45, 2.75) is 53.2 Å². The summed E-state index contributed by atoms with van der Waals surface area (Å²) in [6.07, 6.45) is 0.304. The summed E-state index contributed by atoms with van der Waals surface area (Å²) in [4.78, 5) is 12.5. The molecular weight excluding hydrogens is 298 g/mol. The van der Waals surface area contributed by atoms with Crippen LogP contribution < -0.4 is 10.1 Å². The Labute approximate surface area is 145 Å². The molecule has 0 aliphatic carbocycles. The van der Waals surface area contributed by atoms with Crippen LogP contribution in [0.5, 0.6) is 5.75 Å². The number of hydrogen-bond acceptors (Lipinski definition) is 2. The summed E-state index contributed by atoms with van der Waals surface area (Å²) < 4.78 is 5.77. The van der Waals surface area contributed by atoms with Gasteiger partial charge >= 0.3 is 0 Å². The van der Waals surface area contributed by atoms with Gasteiger partial charge in [0.15, 0.2) is 6.10 Å². The van der Waals surface area contributed by atoms with Gasteiger partial charge in [-0.25, -0.2) is 0 Å². The first-order chi connectivity index (χ1) is 11.4. The predicted octanol–water partition coefficient (Wildman–Crippen LogP) is 4.65. The highest BCUT2D eigenvalue weighted by Gasteiger charge is 2.19. The van der Waals surface area contributed by atoms with E-state index >= 15 is 0 Å². The largest absolute Gasteiger partial charge is 0.481 e. The van der Waals surface area contributed by atoms with Gasteiger partial charge in [0, 0.05) is 0 Å². The molecule has 0 radical (unpaired) electrons. The summed E-state index contributed by atoms with van der Waals surface area (Å²) in [5.41, 5.74) is 4.75. The monoisotopic (exact) mass is 325 g/mol. The molecule has 0 unspecified atom stereocenters. The standard InChI is InChI=1S/C21H27NO2/c1-6-20(18-11-10-15(3)16(4)13-18)22-21(23)17(5)24-19-9-7-8-14(2)12-19/h7-13,17,20H,6H2,1-5H3,(H,22,23)/t17-,20+/m0/s1. The Morgan fingerprint density at radius 2 is 1.83 bits per heavy atom. The number of hydrogen-bond donors (Lipinski definition) is 1. The van der Waals surface area contributed by atoms with Crippen molar-refractivity contribution in [1.82, 2.24) is 5.32 Å². The van der Waals surface area contributed by atoms with Gasteiger partial charge in [0.25, 0.3) is 5.91 Å². The minimum atomic E-state index is -0.535. The molecule has 1 amide bonds.